The van der Waals surface area contributed by atoms with Crippen LogP contribution in [0.25, 0.3) is 16.9 Å². The molecular weight excluding hydrogens is 275 g/mol. The van der Waals surface area contributed by atoms with Crippen molar-refractivity contribution in [3.05, 3.63) is 59.7 Å². The Morgan fingerprint density at radius 3 is 2.41 bits per heavy atom. The number of halogens is 1. The maximum Gasteiger partial charge on any atom is 0.137 e. The van der Waals surface area contributed by atoms with Crippen LogP contribution in [-0.2, 0) is 6.42 Å². The molecule has 3 rings (SSSR count). The molecule has 2 aromatic heterocycles. The smallest absolute Gasteiger partial charge is 0.137 e. The van der Waals surface area contributed by atoms with Gasteiger partial charge in [0.05, 0.1) is 11.4 Å². The first-order chi connectivity index (χ1) is 10.3. The number of aryl methyl sites for hydroxylation is 1. The summed E-state index contributed by atoms with van der Waals surface area (Å²) < 4.78 is 15.4. The zero-order valence-corrected chi connectivity index (χ0v) is 13.5. The number of imidazole rings is 1. The Bertz CT molecular complexity index is 808. The molecule has 0 aliphatic carbocycles. The van der Waals surface area contributed by atoms with Gasteiger partial charge in [-0.05, 0) is 60.7 Å². The lowest BCUT2D eigenvalue weighted by molar-refractivity contribution is 0.405. The van der Waals surface area contributed by atoms with Crippen molar-refractivity contribution in [2.75, 3.05) is 0 Å². The maximum absolute atomic E-state index is 13.2. The number of hydrogen-bond donors (Lipinski definition) is 0. The van der Waals surface area contributed by atoms with E-state index in [-0.39, 0.29) is 11.2 Å². The van der Waals surface area contributed by atoms with E-state index in [1.54, 1.807) is 12.1 Å². The number of benzene rings is 1. The highest BCUT2D eigenvalue weighted by atomic mass is 19.1. The van der Waals surface area contributed by atoms with Gasteiger partial charge in [-0.25, -0.2) is 9.37 Å². The van der Waals surface area contributed by atoms with Crippen molar-refractivity contribution in [1.82, 2.24) is 9.38 Å². The van der Waals surface area contributed by atoms with Crippen LogP contribution in [0.5, 0.6) is 0 Å². The summed E-state index contributed by atoms with van der Waals surface area (Å²) in [5.74, 6) is -0.222. The van der Waals surface area contributed by atoms with Crippen LogP contribution >= 0.6 is 0 Å². The first-order valence-corrected chi connectivity index (χ1v) is 7.57. The molecule has 0 aliphatic heterocycles. The molecule has 0 N–H and O–H groups in total. The van der Waals surface area contributed by atoms with Gasteiger partial charge in [-0.15, -0.1) is 0 Å². The first kappa shape index (κ1) is 14.8. The van der Waals surface area contributed by atoms with E-state index in [9.17, 15) is 4.39 Å². The van der Waals surface area contributed by atoms with Crippen LogP contribution in [0, 0.1) is 18.2 Å². The minimum atomic E-state index is -0.222. The van der Waals surface area contributed by atoms with Gasteiger partial charge in [0, 0.05) is 11.8 Å². The Hall–Kier alpha value is -2.16. The van der Waals surface area contributed by atoms with E-state index in [2.05, 4.69) is 50.4 Å². The third kappa shape index (κ3) is 2.89. The highest BCUT2D eigenvalue weighted by Crippen LogP contribution is 2.30. The van der Waals surface area contributed by atoms with Crippen LogP contribution in [-0.4, -0.2) is 9.38 Å². The summed E-state index contributed by atoms with van der Waals surface area (Å²) in [4.78, 5) is 4.80. The molecule has 0 bridgehead atoms. The summed E-state index contributed by atoms with van der Waals surface area (Å²) >= 11 is 0. The number of nitrogens with zero attached hydrogens (tertiary/aromatic N) is 2. The fourth-order valence-electron chi connectivity index (χ4n) is 2.71. The molecule has 0 spiro atoms. The van der Waals surface area contributed by atoms with E-state index in [0.717, 1.165) is 23.3 Å². The largest absolute Gasteiger partial charge is 0.303 e. The molecule has 0 saturated heterocycles. The molecule has 1 aromatic carbocycles. The van der Waals surface area contributed by atoms with Crippen molar-refractivity contribution in [3.8, 4) is 11.3 Å². The molecule has 0 atom stereocenters. The van der Waals surface area contributed by atoms with Crippen LogP contribution < -0.4 is 0 Å². The molecule has 22 heavy (non-hydrogen) atoms. The number of aromatic nitrogens is 2. The predicted octanol–water partition coefficient (Wildman–Crippen LogP) is 5.04. The normalized spacial score (nSPS) is 12.0. The second-order valence-corrected chi connectivity index (χ2v) is 7.08. The zero-order valence-electron chi connectivity index (χ0n) is 13.5. The number of fused-ring (bicyclic) bond motifs is 1. The topological polar surface area (TPSA) is 17.3 Å². The van der Waals surface area contributed by atoms with Crippen LogP contribution in [0.2, 0.25) is 0 Å². The Kier molecular flexibility index (Phi) is 3.51. The third-order valence-corrected chi connectivity index (χ3v) is 3.70. The average Bonchev–Trinajstić information content (AvgIpc) is 2.75. The standard InChI is InChI=1S/C19H21FN2/c1-13-9-10-22-16(12-19(2,3)4)18(21-17(22)11-13)14-5-7-15(20)8-6-14/h5-11H,12H2,1-4H3. The van der Waals surface area contributed by atoms with Crippen LogP contribution in [0.15, 0.2) is 42.6 Å². The van der Waals surface area contributed by atoms with Crippen LogP contribution in [0.4, 0.5) is 4.39 Å². The minimum Gasteiger partial charge on any atom is -0.303 e. The van der Waals surface area contributed by atoms with Crippen molar-refractivity contribution < 1.29 is 4.39 Å². The summed E-state index contributed by atoms with van der Waals surface area (Å²) in [5, 5.41) is 0. The van der Waals surface area contributed by atoms with Gasteiger partial charge in [0.1, 0.15) is 11.5 Å². The molecule has 0 fully saturated rings. The molecule has 0 amide bonds. The summed E-state index contributed by atoms with van der Waals surface area (Å²) in [6, 6.07) is 10.8. The zero-order chi connectivity index (χ0) is 15.9. The molecule has 0 saturated carbocycles. The summed E-state index contributed by atoms with van der Waals surface area (Å²) in [6.45, 7) is 8.72. The van der Waals surface area contributed by atoms with Crippen molar-refractivity contribution in [1.29, 1.82) is 0 Å². The number of rotatable bonds is 2. The maximum atomic E-state index is 13.2. The second kappa shape index (κ2) is 5.24. The van der Waals surface area contributed by atoms with Gasteiger partial charge in [0.15, 0.2) is 0 Å². The molecule has 0 aliphatic rings. The Morgan fingerprint density at radius 2 is 1.77 bits per heavy atom. The molecule has 0 unspecified atom stereocenters. The highest BCUT2D eigenvalue weighted by molar-refractivity contribution is 5.67. The van der Waals surface area contributed by atoms with E-state index >= 15 is 0 Å². The van der Waals surface area contributed by atoms with E-state index in [0.29, 0.717) is 0 Å². The van der Waals surface area contributed by atoms with E-state index in [1.807, 2.05) is 0 Å². The Balaban J connectivity index is 2.23. The first-order valence-electron chi connectivity index (χ1n) is 7.57. The van der Waals surface area contributed by atoms with Gasteiger partial charge < -0.3 is 4.40 Å². The summed E-state index contributed by atoms with van der Waals surface area (Å²) in [6.07, 6.45) is 2.98. The molecule has 2 nitrogen and oxygen atoms in total. The van der Waals surface area contributed by atoms with Crippen molar-refractivity contribution >= 4 is 5.65 Å². The quantitative estimate of drug-likeness (QED) is 0.647. The number of hydrogen-bond acceptors (Lipinski definition) is 1. The molecule has 2 heterocycles. The lowest BCUT2D eigenvalue weighted by atomic mass is 9.89. The monoisotopic (exact) mass is 296 g/mol. The highest BCUT2D eigenvalue weighted by Gasteiger charge is 2.20. The average molecular weight is 296 g/mol. The van der Waals surface area contributed by atoms with Crippen LogP contribution in [0.3, 0.4) is 0 Å². The van der Waals surface area contributed by atoms with Crippen molar-refractivity contribution in [2.45, 2.75) is 34.1 Å². The molecule has 3 aromatic rings. The fourth-order valence-corrected chi connectivity index (χ4v) is 2.71. The Morgan fingerprint density at radius 1 is 1.09 bits per heavy atom. The van der Waals surface area contributed by atoms with E-state index in [1.165, 1.54) is 23.4 Å². The van der Waals surface area contributed by atoms with Gasteiger partial charge in [-0.3, -0.25) is 0 Å². The minimum absolute atomic E-state index is 0.148. The number of pyridine rings is 1. The van der Waals surface area contributed by atoms with Gasteiger partial charge in [-0.2, -0.15) is 0 Å². The fraction of sp³-hybridized carbons (Fsp3) is 0.316. The van der Waals surface area contributed by atoms with Gasteiger partial charge in [0.25, 0.3) is 0 Å². The molecular formula is C19H21FN2. The van der Waals surface area contributed by atoms with Crippen LogP contribution in [0.1, 0.15) is 32.0 Å². The van der Waals surface area contributed by atoms with Gasteiger partial charge in [0.2, 0.25) is 0 Å². The van der Waals surface area contributed by atoms with Gasteiger partial charge >= 0.3 is 0 Å². The molecule has 3 heteroatoms. The summed E-state index contributed by atoms with van der Waals surface area (Å²) in [7, 11) is 0. The molecule has 0 radical (unpaired) electrons. The van der Waals surface area contributed by atoms with E-state index < -0.39 is 0 Å². The second-order valence-electron chi connectivity index (χ2n) is 7.08. The SMILES string of the molecule is Cc1ccn2c(CC(C)(C)C)c(-c3ccc(F)cc3)nc2c1. The lowest BCUT2D eigenvalue weighted by Gasteiger charge is -2.19. The van der Waals surface area contributed by atoms with Crippen molar-refractivity contribution in [3.63, 3.8) is 0 Å². The summed E-state index contributed by atoms with van der Waals surface area (Å²) in [5.41, 5.74) is 5.36. The lowest BCUT2D eigenvalue weighted by Crippen LogP contribution is -2.11. The predicted molar refractivity (Wildman–Crippen MR) is 88.5 cm³/mol. The Labute approximate surface area is 130 Å². The molecule has 114 valence electrons. The van der Waals surface area contributed by atoms with Crippen molar-refractivity contribution in [2.24, 2.45) is 5.41 Å². The third-order valence-electron chi connectivity index (χ3n) is 3.70. The van der Waals surface area contributed by atoms with Gasteiger partial charge in [-0.1, -0.05) is 20.8 Å². The van der Waals surface area contributed by atoms with E-state index in [4.69, 9.17) is 4.98 Å².